The van der Waals surface area contributed by atoms with E-state index >= 15 is 0 Å². The molecule has 6 heteroatoms. The van der Waals surface area contributed by atoms with Gasteiger partial charge in [0.15, 0.2) is 0 Å². The Morgan fingerprint density at radius 2 is 1.86 bits per heavy atom. The number of hydrogen-bond donors (Lipinski definition) is 0. The van der Waals surface area contributed by atoms with Gasteiger partial charge in [0, 0.05) is 15.2 Å². The Labute approximate surface area is 142 Å². The van der Waals surface area contributed by atoms with E-state index in [-0.39, 0.29) is 0 Å². The normalized spacial score (nSPS) is 11.7. The van der Waals surface area contributed by atoms with Crippen LogP contribution in [-0.4, -0.2) is 18.6 Å². The quantitative estimate of drug-likeness (QED) is 0.598. The van der Waals surface area contributed by atoms with Crippen LogP contribution in [0.5, 0.6) is 5.75 Å². The largest absolute Gasteiger partial charge is 0.489 e. The van der Waals surface area contributed by atoms with E-state index in [9.17, 15) is 8.42 Å². The number of aromatic nitrogens is 1. The lowest BCUT2D eigenvalue weighted by Crippen LogP contribution is -2.08. The number of rotatable bonds is 4. The van der Waals surface area contributed by atoms with Gasteiger partial charge >= 0.3 is 0 Å². The molecule has 4 nitrogen and oxygen atoms in total. The molecular weight excluding hydrogens is 413 g/mol. The van der Waals surface area contributed by atoms with Crippen LogP contribution in [0.2, 0.25) is 0 Å². The molecule has 0 unspecified atom stereocenters. The van der Waals surface area contributed by atoms with E-state index in [0.717, 1.165) is 20.3 Å². The fourth-order valence-corrected chi connectivity index (χ4v) is 3.96. The Hall–Kier alpha value is -1.54. The highest BCUT2D eigenvalue weighted by Gasteiger charge is 2.14. The van der Waals surface area contributed by atoms with E-state index in [0.29, 0.717) is 12.1 Å². The molecule has 22 heavy (non-hydrogen) atoms. The van der Waals surface area contributed by atoms with Gasteiger partial charge in [-0.3, -0.25) is 0 Å². The Kier molecular flexibility index (Phi) is 4.14. The lowest BCUT2D eigenvalue weighted by molar-refractivity contribution is 0.306. The van der Waals surface area contributed by atoms with Crippen molar-refractivity contribution < 1.29 is 13.2 Å². The molecule has 1 heterocycles. The summed E-state index contributed by atoms with van der Waals surface area (Å²) >= 11 is 2.13. The van der Waals surface area contributed by atoms with Crippen molar-refractivity contribution in [3.63, 3.8) is 0 Å². The molecule has 0 amide bonds. The molecule has 0 saturated heterocycles. The van der Waals surface area contributed by atoms with Crippen molar-refractivity contribution >= 4 is 43.5 Å². The van der Waals surface area contributed by atoms with Crippen LogP contribution >= 0.6 is 22.6 Å². The number of halogens is 1. The Morgan fingerprint density at radius 3 is 2.55 bits per heavy atom. The molecule has 0 spiro atoms. The maximum Gasteiger partial charge on any atom is 0.236 e. The highest BCUT2D eigenvalue weighted by Crippen LogP contribution is 2.28. The number of nitrogens with zero attached hydrogens (tertiary/aromatic N) is 1. The summed E-state index contributed by atoms with van der Waals surface area (Å²) in [6.07, 6.45) is 2.82. The van der Waals surface area contributed by atoms with Crippen molar-refractivity contribution in [2.75, 3.05) is 6.26 Å². The summed E-state index contributed by atoms with van der Waals surface area (Å²) in [5, 5.41) is 0.872. The summed E-state index contributed by atoms with van der Waals surface area (Å²) in [6, 6.07) is 15.4. The van der Waals surface area contributed by atoms with Crippen LogP contribution in [0.1, 0.15) is 5.56 Å². The highest BCUT2D eigenvalue weighted by atomic mass is 127. The van der Waals surface area contributed by atoms with Crippen molar-refractivity contribution in [1.82, 2.24) is 3.97 Å². The van der Waals surface area contributed by atoms with E-state index in [1.807, 2.05) is 36.4 Å². The first kappa shape index (κ1) is 15.4. The van der Waals surface area contributed by atoms with Crippen LogP contribution in [0, 0.1) is 3.57 Å². The topological polar surface area (TPSA) is 48.3 Å². The van der Waals surface area contributed by atoms with E-state index in [4.69, 9.17) is 4.74 Å². The van der Waals surface area contributed by atoms with Gasteiger partial charge in [0.2, 0.25) is 10.0 Å². The maximum atomic E-state index is 11.8. The summed E-state index contributed by atoms with van der Waals surface area (Å²) in [5.74, 6) is 0.723. The molecule has 1 aromatic heterocycles. The van der Waals surface area contributed by atoms with Crippen molar-refractivity contribution in [1.29, 1.82) is 0 Å². The van der Waals surface area contributed by atoms with Gasteiger partial charge < -0.3 is 4.74 Å². The molecule has 0 aliphatic heterocycles. The second-order valence-electron chi connectivity index (χ2n) is 4.99. The van der Waals surface area contributed by atoms with Gasteiger partial charge in [0.25, 0.3) is 0 Å². The third-order valence-corrected chi connectivity index (χ3v) is 5.18. The summed E-state index contributed by atoms with van der Waals surface area (Å²) in [4.78, 5) is 0. The van der Waals surface area contributed by atoms with Crippen LogP contribution in [-0.2, 0) is 16.6 Å². The Balaban J connectivity index is 1.92. The zero-order valence-corrected chi connectivity index (χ0v) is 14.8. The van der Waals surface area contributed by atoms with Gasteiger partial charge in [-0.25, -0.2) is 12.4 Å². The predicted octanol–water partition coefficient (Wildman–Crippen LogP) is 3.63. The van der Waals surface area contributed by atoms with Gasteiger partial charge in [0.1, 0.15) is 12.4 Å². The highest BCUT2D eigenvalue weighted by molar-refractivity contribution is 14.1. The lowest BCUT2D eigenvalue weighted by Gasteiger charge is -2.07. The molecule has 0 aliphatic rings. The first-order chi connectivity index (χ1) is 10.4. The maximum absolute atomic E-state index is 11.8. The second kappa shape index (κ2) is 5.92. The average molecular weight is 427 g/mol. The zero-order chi connectivity index (χ0) is 15.7. The first-order valence-corrected chi connectivity index (χ1v) is 9.56. The molecule has 3 rings (SSSR count). The second-order valence-corrected chi connectivity index (χ2v) is 8.01. The molecule has 3 aromatic rings. The fraction of sp³-hybridized carbons (Fsp3) is 0.125. The van der Waals surface area contributed by atoms with Crippen LogP contribution in [0.3, 0.4) is 0 Å². The number of ether oxygens (including phenoxy) is 1. The minimum Gasteiger partial charge on any atom is -0.489 e. The monoisotopic (exact) mass is 427 g/mol. The number of benzene rings is 2. The van der Waals surface area contributed by atoms with E-state index in [2.05, 4.69) is 22.6 Å². The molecule has 0 bridgehead atoms. The number of hydrogen-bond acceptors (Lipinski definition) is 3. The van der Waals surface area contributed by atoms with Crippen molar-refractivity contribution in [2.24, 2.45) is 0 Å². The van der Waals surface area contributed by atoms with E-state index in [1.165, 1.54) is 10.2 Å². The summed E-state index contributed by atoms with van der Waals surface area (Å²) in [5.41, 5.74) is 1.75. The summed E-state index contributed by atoms with van der Waals surface area (Å²) < 4.78 is 31.5. The smallest absolute Gasteiger partial charge is 0.236 e. The van der Waals surface area contributed by atoms with E-state index < -0.39 is 10.0 Å². The fourth-order valence-electron chi connectivity index (χ4n) is 2.25. The Morgan fingerprint density at radius 1 is 1.14 bits per heavy atom. The van der Waals surface area contributed by atoms with Gasteiger partial charge in [-0.05, 0) is 46.4 Å². The standard InChI is InChI=1S/C16H14INO3S/c1-22(19,20)18-10-15(17)14-9-13(7-8-16(14)18)21-11-12-5-3-2-4-6-12/h2-10H,11H2,1H3. The predicted molar refractivity (Wildman–Crippen MR) is 95.7 cm³/mol. The Bertz CT molecular complexity index is 917. The lowest BCUT2D eigenvalue weighted by atomic mass is 10.2. The van der Waals surface area contributed by atoms with Crippen molar-refractivity contribution in [3.05, 3.63) is 63.9 Å². The molecule has 2 aromatic carbocycles. The van der Waals surface area contributed by atoms with Gasteiger partial charge in [-0.1, -0.05) is 30.3 Å². The molecule has 0 fully saturated rings. The minimum absolute atomic E-state index is 0.482. The van der Waals surface area contributed by atoms with Crippen LogP contribution in [0.4, 0.5) is 0 Å². The molecule has 0 atom stereocenters. The van der Waals surface area contributed by atoms with Crippen LogP contribution < -0.4 is 4.74 Å². The summed E-state index contributed by atoms with van der Waals surface area (Å²) in [7, 11) is -3.31. The first-order valence-electron chi connectivity index (χ1n) is 6.63. The van der Waals surface area contributed by atoms with E-state index in [1.54, 1.807) is 18.3 Å². The molecule has 0 radical (unpaired) electrons. The third kappa shape index (κ3) is 3.12. The molecule has 114 valence electrons. The average Bonchev–Trinajstić information content (AvgIpc) is 2.83. The molecule has 0 saturated carbocycles. The van der Waals surface area contributed by atoms with Crippen molar-refractivity contribution in [2.45, 2.75) is 6.61 Å². The van der Waals surface area contributed by atoms with Crippen LogP contribution in [0.15, 0.2) is 54.7 Å². The van der Waals surface area contributed by atoms with Gasteiger partial charge in [-0.15, -0.1) is 0 Å². The van der Waals surface area contributed by atoms with Gasteiger partial charge in [-0.2, -0.15) is 0 Å². The number of fused-ring (bicyclic) bond motifs is 1. The molecule has 0 N–H and O–H groups in total. The SMILES string of the molecule is CS(=O)(=O)n1cc(I)c2cc(OCc3ccccc3)ccc21. The molecule has 0 aliphatic carbocycles. The van der Waals surface area contributed by atoms with Crippen molar-refractivity contribution in [3.8, 4) is 5.75 Å². The summed E-state index contributed by atoms with van der Waals surface area (Å²) in [6.45, 7) is 0.482. The zero-order valence-electron chi connectivity index (χ0n) is 11.9. The molecular formula is C16H14INO3S. The van der Waals surface area contributed by atoms with Crippen LogP contribution in [0.25, 0.3) is 10.9 Å². The van der Waals surface area contributed by atoms with Gasteiger partial charge in [0.05, 0.1) is 11.8 Å². The minimum atomic E-state index is -3.31. The third-order valence-electron chi connectivity index (χ3n) is 3.30.